The SMILES string of the molecule is Cc1c(C(=O)N2CCO[C@H]3CCCC[C@H]32)cnn1Cc1ccccc1. The van der Waals surface area contributed by atoms with E-state index in [1.165, 1.54) is 18.4 Å². The lowest BCUT2D eigenvalue weighted by molar-refractivity contribution is -0.0753. The molecule has 5 nitrogen and oxygen atoms in total. The molecule has 0 unspecified atom stereocenters. The molecule has 2 fully saturated rings. The Kier molecular flexibility index (Phi) is 4.57. The van der Waals surface area contributed by atoms with E-state index in [4.69, 9.17) is 4.74 Å². The summed E-state index contributed by atoms with van der Waals surface area (Å²) >= 11 is 0. The van der Waals surface area contributed by atoms with Crippen LogP contribution in [-0.2, 0) is 11.3 Å². The number of aromatic nitrogens is 2. The molecule has 0 radical (unpaired) electrons. The van der Waals surface area contributed by atoms with E-state index in [1.54, 1.807) is 6.20 Å². The molecule has 1 aromatic carbocycles. The second-order valence-electron chi connectivity index (χ2n) is 7.05. The van der Waals surface area contributed by atoms with E-state index in [0.717, 1.165) is 24.1 Å². The van der Waals surface area contributed by atoms with Gasteiger partial charge in [-0.15, -0.1) is 0 Å². The molecule has 1 saturated carbocycles. The summed E-state index contributed by atoms with van der Waals surface area (Å²) in [6.45, 7) is 4.00. The number of hydrogen-bond acceptors (Lipinski definition) is 3. The molecule has 0 N–H and O–H groups in total. The first-order chi connectivity index (χ1) is 12.2. The monoisotopic (exact) mass is 339 g/mol. The molecule has 1 aromatic heterocycles. The summed E-state index contributed by atoms with van der Waals surface area (Å²) in [5.74, 6) is 0.108. The maximum absolute atomic E-state index is 13.2. The summed E-state index contributed by atoms with van der Waals surface area (Å²) in [6, 6.07) is 10.4. The van der Waals surface area contributed by atoms with E-state index in [-0.39, 0.29) is 18.1 Å². The fourth-order valence-electron chi connectivity index (χ4n) is 4.08. The molecule has 2 atom stereocenters. The van der Waals surface area contributed by atoms with Crippen molar-refractivity contribution in [2.24, 2.45) is 0 Å². The van der Waals surface area contributed by atoms with E-state index in [0.29, 0.717) is 19.7 Å². The number of ether oxygens (including phenoxy) is 1. The minimum atomic E-state index is 0.108. The van der Waals surface area contributed by atoms with Crippen LogP contribution >= 0.6 is 0 Å². The maximum Gasteiger partial charge on any atom is 0.257 e. The van der Waals surface area contributed by atoms with Crippen molar-refractivity contribution in [3.8, 4) is 0 Å². The van der Waals surface area contributed by atoms with Crippen molar-refractivity contribution in [3.05, 3.63) is 53.3 Å². The zero-order valence-electron chi connectivity index (χ0n) is 14.7. The number of hydrogen-bond donors (Lipinski definition) is 0. The molecular weight excluding hydrogens is 314 g/mol. The molecule has 1 aliphatic carbocycles. The minimum absolute atomic E-state index is 0.108. The number of benzene rings is 1. The second kappa shape index (κ2) is 7.00. The number of rotatable bonds is 3. The van der Waals surface area contributed by atoms with Crippen LogP contribution in [0.2, 0.25) is 0 Å². The smallest absolute Gasteiger partial charge is 0.257 e. The molecule has 0 bridgehead atoms. The largest absolute Gasteiger partial charge is 0.374 e. The summed E-state index contributed by atoms with van der Waals surface area (Å²) in [7, 11) is 0. The molecule has 1 aliphatic heterocycles. The third-order valence-corrected chi connectivity index (χ3v) is 5.50. The Morgan fingerprint density at radius 2 is 2.04 bits per heavy atom. The fourth-order valence-corrected chi connectivity index (χ4v) is 4.08. The highest BCUT2D eigenvalue weighted by Gasteiger charge is 2.37. The van der Waals surface area contributed by atoms with Crippen molar-refractivity contribution in [2.45, 2.75) is 51.3 Å². The highest BCUT2D eigenvalue weighted by atomic mass is 16.5. The Labute approximate surface area is 148 Å². The minimum Gasteiger partial charge on any atom is -0.374 e. The lowest BCUT2D eigenvalue weighted by atomic mass is 9.90. The number of carbonyl (C=O) groups excluding carboxylic acids is 1. The average molecular weight is 339 g/mol. The zero-order chi connectivity index (χ0) is 17.2. The van der Waals surface area contributed by atoms with Crippen molar-refractivity contribution < 1.29 is 9.53 Å². The normalized spacial score (nSPS) is 23.3. The van der Waals surface area contributed by atoms with Crippen molar-refractivity contribution in [1.82, 2.24) is 14.7 Å². The standard InChI is InChI=1S/C20H25N3O2/c1-15-17(13-21-23(15)14-16-7-3-2-4-8-16)20(24)22-11-12-25-19-10-6-5-9-18(19)22/h2-4,7-8,13,18-19H,5-6,9-12,14H2,1H3/t18-,19+/m1/s1. The Morgan fingerprint density at radius 1 is 1.24 bits per heavy atom. The summed E-state index contributed by atoms with van der Waals surface area (Å²) in [5.41, 5.74) is 2.85. The van der Waals surface area contributed by atoms with Crippen LogP contribution in [0.3, 0.4) is 0 Å². The van der Waals surface area contributed by atoms with Gasteiger partial charge in [0.2, 0.25) is 0 Å². The van der Waals surface area contributed by atoms with Gasteiger partial charge >= 0.3 is 0 Å². The Bertz CT molecular complexity index is 739. The number of nitrogens with zero attached hydrogens (tertiary/aromatic N) is 3. The molecule has 5 heteroatoms. The number of fused-ring (bicyclic) bond motifs is 1. The van der Waals surface area contributed by atoms with E-state index < -0.39 is 0 Å². The first-order valence-corrected chi connectivity index (χ1v) is 9.23. The average Bonchev–Trinajstić information content (AvgIpc) is 3.02. The fraction of sp³-hybridized carbons (Fsp3) is 0.500. The quantitative estimate of drug-likeness (QED) is 0.863. The predicted molar refractivity (Wildman–Crippen MR) is 95.5 cm³/mol. The van der Waals surface area contributed by atoms with Crippen LogP contribution in [0.1, 0.15) is 47.3 Å². The van der Waals surface area contributed by atoms with E-state index >= 15 is 0 Å². The lowest BCUT2D eigenvalue weighted by Gasteiger charge is -2.43. The van der Waals surface area contributed by atoms with Gasteiger partial charge in [0, 0.05) is 12.2 Å². The van der Waals surface area contributed by atoms with Crippen LogP contribution in [0.25, 0.3) is 0 Å². The van der Waals surface area contributed by atoms with Crippen LogP contribution in [0, 0.1) is 6.92 Å². The summed E-state index contributed by atoms with van der Waals surface area (Å²) in [5, 5.41) is 4.47. The van der Waals surface area contributed by atoms with Crippen LogP contribution in [-0.4, -0.2) is 45.9 Å². The third kappa shape index (κ3) is 3.21. The molecule has 132 valence electrons. The van der Waals surface area contributed by atoms with E-state index in [1.807, 2.05) is 34.7 Å². The Morgan fingerprint density at radius 3 is 2.88 bits per heavy atom. The number of morpholine rings is 1. The topological polar surface area (TPSA) is 47.4 Å². The molecule has 0 spiro atoms. The number of amides is 1. The van der Waals surface area contributed by atoms with Gasteiger partial charge in [-0.05, 0) is 25.3 Å². The van der Waals surface area contributed by atoms with Gasteiger partial charge < -0.3 is 9.64 Å². The highest BCUT2D eigenvalue weighted by molar-refractivity contribution is 5.95. The van der Waals surface area contributed by atoms with Gasteiger partial charge in [0.05, 0.1) is 37.1 Å². The maximum atomic E-state index is 13.2. The predicted octanol–water partition coefficient (Wildman–Crippen LogP) is 3.02. The molecule has 1 amide bonds. The molecular formula is C20H25N3O2. The van der Waals surface area contributed by atoms with Crippen LogP contribution in [0.15, 0.2) is 36.5 Å². The second-order valence-corrected chi connectivity index (χ2v) is 7.05. The van der Waals surface area contributed by atoms with Crippen LogP contribution in [0.4, 0.5) is 0 Å². The van der Waals surface area contributed by atoms with Gasteiger partial charge in [-0.25, -0.2) is 0 Å². The van der Waals surface area contributed by atoms with E-state index in [9.17, 15) is 4.79 Å². The van der Waals surface area contributed by atoms with Gasteiger partial charge in [0.15, 0.2) is 0 Å². The summed E-state index contributed by atoms with van der Waals surface area (Å²) in [4.78, 5) is 15.2. The first kappa shape index (κ1) is 16.3. The third-order valence-electron chi connectivity index (χ3n) is 5.50. The first-order valence-electron chi connectivity index (χ1n) is 9.23. The molecule has 2 heterocycles. The highest BCUT2D eigenvalue weighted by Crippen LogP contribution is 2.29. The molecule has 2 aliphatic rings. The van der Waals surface area contributed by atoms with Gasteiger partial charge in [-0.2, -0.15) is 5.10 Å². The van der Waals surface area contributed by atoms with Crippen molar-refractivity contribution in [1.29, 1.82) is 0 Å². The number of carbonyl (C=O) groups is 1. The van der Waals surface area contributed by atoms with E-state index in [2.05, 4.69) is 17.2 Å². The summed E-state index contributed by atoms with van der Waals surface area (Å²) in [6.07, 6.45) is 6.45. The Balaban J connectivity index is 1.54. The van der Waals surface area contributed by atoms with Gasteiger partial charge in [0.1, 0.15) is 0 Å². The molecule has 25 heavy (non-hydrogen) atoms. The van der Waals surface area contributed by atoms with Crippen molar-refractivity contribution >= 4 is 5.91 Å². The molecule has 4 rings (SSSR count). The van der Waals surface area contributed by atoms with Crippen molar-refractivity contribution in [3.63, 3.8) is 0 Å². The summed E-state index contributed by atoms with van der Waals surface area (Å²) < 4.78 is 7.82. The van der Waals surface area contributed by atoms with Gasteiger partial charge in [0.25, 0.3) is 5.91 Å². The van der Waals surface area contributed by atoms with Gasteiger partial charge in [-0.3, -0.25) is 9.48 Å². The lowest BCUT2D eigenvalue weighted by Crippen LogP contribution is -2.54. The van der Waals surface area contributed by atoms with Crippen molar-refractivity contribution in [2.75, 3.05) is 13.2 Å². The molecule has 1 saturated heterocycles. The van der Waals surface area contributed by atoms with Crippen LogP contribution in [0.5, 0.6) is 0 Å². The van der Waals surface area contributed by atoms with Crippen LogP contribution < -0.4 is 0 Å². The Hall–Kier alpha value is -2.14. The zero-order valence-corrected chi connectivity index (χ0v) is 14.7. The molecule has 2 aromatic rings. The van der Waals surface area contributed by atoms with Gasteiger partial charge in [-0.1, -0.05) is 43.2 Å².